The molecule has 1 aliphatic carbocycles. The number of nitrogens with zero attached hydrogens (tertiary/aromatic N) is 3. The van der Waals surface area contributed by atoms with Gasteiger partial charge >= 0.3 is 0 Å². The molecule has 10 rings (SSSR count). The van der Waals surface area contributed by atoms with E-state index in [2.05, 4.69) is 155 Å². The van der Waals surface area contributed by atoms with Gasteiger partial charge in [-0.1, -0.05) is 109 Å². The van der Waals surface area contributed by atoms with Gasteiger partial charge in [0.05, 0.1) is 33.4 Å². The highest BCUT2D eigenvalue weighted by molar-refractivity contribution is 7.26. The lowest BCUT2D eigenvalue weighted by atomic mass is 9.91. The zero-order chi connectivity index (χ0) is 31.1. The molecule has 0 saturated heterocycles. The summed E-state index contributed by atoms with van der Waals surface area (Å²) in [6.45, 7) is 0. The molecule has 2 unspecified atom stereocenters. The van der Waals surface area contributed by atoms with Crippen molar-refractivity contribution in [2.24, 2.45) is 0 Å². The second-order valence-corrected chi connectivity index (χ2v) is 13.5. The van der Waals surface area contributed by atoms with Gasteiger partial charge in [-0.05, 0) is 53.6 Å². The lowest BCUT2D eigenvalue weighted by Gasteiger charge is -2.30. The van der Waals surface area contributed by atoms with Crippen molar-refractivity contribution in [2.45, 2.75) is 12.0 Å². The van der Waals surface area contributed by atoms with Crippen molar-refractivity contribution < 1.29 is 0 Å². The Morgan fingerprint density at radius 1 is 0.638 bits per heavy atom. The van der Waals surface area contributed by atoms with Gasteiger partial charge in [0.25, 0.3) is 0 Å². The molecular formula is C43H27N3S. The SMILES string of the molecule is N#Cc1cc(-c2ccccc2N2c3ccccc3C3C=CC=CC32)cc(-n2c3ccccc3c3ccc4c5ccccc5sc4c32)c1. The maximum atomic E-state index is 10.4. The standard InChI is InChI=1S/C43H27N3S/c44-26-27-23-28(30-11-1-6-16-37(30)46-39-18-8-2-12-31(39)32-13-3-9-19-40(32)46)25-29(24-27)45-38-17-7-4-14-33(38)35-21-22-36-34-15-5-10-20-41(34)47-43(36)42(35)45/h1-25,31,39H. The monoisotopic (exact) mass is 617 g/mol. The number of thiophene rings is 1. The van der Waals surface area contributed by atoms with Crippen LogP contribution in [-0.4, -0.2) is 10.6 Å². The van der Waals surface area contributed by atoms with Crippen LogP contribution in [0.2, 0.25) is 0 Å². The predicted molar refractivity (Wildman–Crippen MR) is 197 cm³/mol. The number of rotatable bonds is 3. The summed E-state index contributed by atoms with van der Waals surface area (Å²) in [5.41, 5.74) is 9.81. The molecule has 3 heterocycles. The van der Waals surface area contributed by atoms with E-state index in [1.807, 2.05) is 23.5 Å². The van der Waals surface area contributed by atoms with Gasteiger partial charge in [0.2, 0.25) is 0 Å². The van der Waals surface area contributed by atoms with Crippen molar-refractivity contribution in [1.82, 2.24) is 4.57 Å². The van der Waals surface area contributed by atoms with Crippen molar-refractivity contribution in [3.8, 4) is 22.9 Å². The highest BCUT2D eigenvalue weighted by Gasteiger charge is 2.37. The maximum absolute atomic E-state index is 10.4. The van der Waals surface area contributed by atoms with Gasteiger partial charge in [0, 0.05) is 54.8 Å². The van der Waals surface area contributed by atoms with Crippen molar-refractivity contribution in [3.63, 3.8) is 0 Å². The molecule has 4 heteroatoms. The molecule has 0 saturated carbocycles. The largest absolute Gasteiger partial charge is 0.333 e. The van der Waals surface area contributed by atoms with Crippen LogP contribution in [0.25, 0.3) is 58.8 Å². The third-order valence-electron chi connectivity index (χ3n) is 9.92. The highest BCUT2D eigenvalue weighted by atomic mass is 32.1. The molecule has 47 heavy (non-hydrogen) atoms. The fraction of sp³-hybridized carbons (Fsp3) is 0.0465. The van der Waals surface area contributed by atoms with Crippen molar-refractivity contribution in [2.75, 3.05) is 4.90 Å². The zero-order valence-electron chi connectivity index (χ0n) is 25.3. The summed E-state index contributed by atoms with van der Waals surface area (Å²) in [6, 6.07) is 48.3. The molecule has 2 atom stereocenters. The van der Waals surface area contributed by atoms with E-state index in [0.29, 0.717) is 11.5 Å². The van der Waals surface area contributed by atoms with Gasteiger partial charge in [-0.3, -0.25) is 0 Å². The van der Waals surface area contributed by atoms with Gasteiger partial charge in [-0.15, -0.1) is 11.3 Å². The Hall–Kier alpha value is -5.89. The molecule has 1 aliphatic heterocycles. The Kier molecular flexibility index (Phi) is 5.64. The Labute approximate surface area is 276 Å². The second kappa shape index (κ2) is 10.1. The molecule has 220 valence electrons. The fourth-order valence-corrected chi connectivity index (χ4v) is 9.20. The first-order valence-electron chi connectivity index (χ1n) is 16.0. The third-order valence-corrected chi connectivity index (χ3v) is 11.1. The van der Waals surface area contributed by atoms with Crippen LogP contribution in [0.15, 0.2) is 152 Å². The van der Waals surface area contributed by atoms with Crippen LogP contribution in [-0.2, 0) is 0 Å². The van der Waals surface area contributed by atoms with E-state index in [4.69, 9.17) is 0 Å². The number of benzene rings is 6. The minimum atomic E-state index is 0.191. The number of allylic oxidation sites excluding steroid dienone is 2. The summed E-state index contributed by atoms with van der Waals surface area (Å²) >= 11 is 1.84. The average Bonchev–Trinajstić information content (AvgIpc) is 3.79. The van der Waals surface area contributed by atoms with Gasteiger partial charge in [0.15, 0.2) is 0 Å². The third kappa shape index (κ3) is 3.78. The van der Waals surface area contributed by atoms with E-state index in [9.17, 15) is 5.26 Å². The summed E-state index contributed by atoms with van der Waals surface area (Å²) in [4.78, 5) is 2.48. The molecule has 0 radical (unpaired) electrons. The summed E-state index contributed by atoms with van der Waals surface area (Å²) in [7, 11) is 0. The first kappa shape index (κ1) is 26.3. The molecule has 0 spiro atoms. The van der Waals surface area contributed by atoms with E-state index >= 15 is 0 Å². The number of aromatic nitrogens is 1. The molecule has 0 fully saturated rings. The Balaban J connectivity index is 1.24. The van der Waals surface area contributed by atoms with Crippen molar-refractivity contribution in [3.05, 3.63) is 163 Å². The highest BCUT2D eigenvalue weighted by Crippen LogP contribution is 2.50. The van der Waals surface area contributed by atoms with Crippen LogP contribution >= 0.6 is 11.3 Å². The minimum absolute atomic E-state index is 0.191. The van der Waals surface area contributed by atoms with Crippen molar-refractivity contribution in [1.29, 1.82) is 5.26 Å². The number of fused-ring (bicyclic) bond motifs is 10. The summed E-state index contributed by atoms with van der Waals surface area (Å²) in [5, 5.41) is 15.4. The lowest BCUT2D eigenvalue weighted by molar-refractivity contribution is 0.745. The Morgan fingerprint density at radius 2 is 1.38 bits per heavy atom. The van der Waals surface area contributed by atoms with Crippen LogP contribution in [0.4, 0.5) is 11.4 Å². The summed E-state index contributed by atoms with van der Waals surface area (Å²) in [6.07, 6.45) is 8.95. The van der Waals surface area contributed by atoms with Gasteiger partial charge in [0.1, 0.15) is 0 Å². The molecule has 0 amide bonds. The molecule has 3 nitrogen and oxygen atoms in total. The van der Waals surface area contributed by atoms with Crippen LogP contribution < -0.4 is 4.90 Å². The molecule has 0 N–H and O–H groups in total. The number of anilines is 2. The van der Waals surface area contributed by atoms with E-state index in [1.165, 1.54) is 47.7 Å². The minimum Gasteiger partial charge on any atom is -0.333 e. The molecular weight excluding hydrogens is 591 g/mol. The fourth-order valence-electron chi connectivity index (χ4n) is 7.96. The van der Waals surface area contributed by atoms with Gasteiger partial charge < -0.3 is 9.47 Å². The Bertz CT molecular complexity index is 2680. The molecule has 6 aromatic carbocycles. The van der Waals surface area contributed by atoms with E-state index in [0.717, 1.165) is 28.0 Å². The van der Waals surface area contributed by atoms with E-state index in [-0.39, 0.29) is 6.04 Å². The number of hydrogen-bond donors (Lipinski definition) is 0. The normalized spacial score (nSPS) is 16.7. The molecule has 2 aromatic heterocycles. The van der Waals surface area contributed by atoms with Crippen LogP contribution in [0, 0.1) is 11.3 Å². The first-order chi connectivity index (χ1) is 23.3. The van der Waals surface area contributed by atoms with Crippen LogP contribution in [0.3, 0.4) is 0 Å². The second-order valence-electron chi connectivity index (χ2n) is 12.4. The van der Waals surface area contributed by atoms with E-state index in [1.54, 1.807) is 0 Å². The number of para-hydroxylation sites is 3. The summed E-state index contributed by atoms with van der Waals surface area (Å²) in [5.74, 6) is 0.298. The quantitative estimate of drug-likeness (QED) is 0.198. The topological polar surface area (TPSA) is 32.0 Å². The Morgan fingerprint density at radius 3 is 2.30 bits per heavy atom. The van der Waals surface area contributed by atoms with Crippen LogP contribution in [0.1, 0.15) is 17.0 Å². The van der Waals surface area contributed by atoms with E-state index < -0.39 is 0 Å². The lowest BCUT2D eigenvalue weighted by Crippen LogP contribution is -2.28. The summed E-state index contributed by atoms with van der Waals surface area (Å²) < 4.78 is 4.93. The molecule has 0 bridgehead atoms. The van der Waals surface area contributed by atoms with Gasteiger partial charge in [-0.2, -0.15) is 5.26 Å². The zero-order valence-corrected chi connectivity index (χ0v) is 26.2. The van der Waals surface area contributed by atoms with Gasteiger partial charge in [-0.25, -0.2) is 0 Å². The first-order valence-corrected chi connectivity index (χ1v) is 16.8. The number of hydrogen-bond acceptors (Lipinski definition) is 3. The van der Waals surface area contributed by atoms with Crippen molar-refractivity contribution >= 4 is 64.7 Å². The maximum Gasteiger partial charge on any atom is 0.0992 e. The predicted octanol–water partition coefficient (Wildman–Crippen LogP) is 11.4. The average molecular weight is 618 g/mol. The van der Waals surface area contributed by atoms with Crippen LogP contribution in [0.5, 0.6) is 0 Å². The molecule has 2 aliphatic rings. The molecule has 8 aromatic rings. The smallest absolute Gasteiger partial charge is 0.0992 e. The number of nitriles is 1.